The van der Waals surface area contributed by atoms with Gasteiger partial charge in [0, 0.05) is 6.61 Å². The molecular weight excluding hydrogens is 312 g/mol. The second-order valence-electron chi connectivity index (χ2n) is 5.44. The highest BCUT2D eigenvalue weighted by Gasteiger charge is 2.12. The van der Waals surface area contributed by atoms with Crippen LogP contribution in [0.2, 0.25) is 0 Å². The smallest absolute Gasteiger partial charge is 0.136 e. The fourth-order valence-corrected chi connectivity index (χ4v) is 2.84. The first-order valence-corrected chi connectivity index (χ1v) is 8.80. The molecule has 2 aromatic heterocycles. The van der Waals surface area contributed by atoms with Crippen molar-refractivity contribution in [2.24, 2.45) is 0 Å². The second kappa shape index (κ2) is 7.94. The number of nitrogens with zero attached hydrogens (tertiary/aromatic N) is 3. The van der Waals surface area contributed by atoms with E-state index in [0.717, 1.165) is 33.7 Å². The monoisotopic (exact) mass is 336 g/mol. The molecule has 4 rings (SSSR count). The molecule has 0 aliphatic heterocycles. The zero-order chi connectivity index (χ0) is 17.6. The Kier molecular flexibility index (Phi) is 5.46. The third kappa shape index (κ3) is 3.56. The lowest BCUT2D eigenvalue weighted by molar-refractivity contribution is 0.126. The minimum atomic E-state index is 0.505. The number of hydrogen-bond donors (Lipinski definition) is 1. The van der Waals surface area contributed by atoms with Crippen molar-refractivity contribution in [3.05, 3.63) is 60.2 Å². The van der Waals surface area contributed by atoms with Crippen molar-refractivity contribution in [1.29, 1.82) is 0 Å². The van der Waals surface area contributed by atoms with E-state index >= 15 is 0 Å². The summed E-state index contributed by atoms with van der Waals surface area (Å²) in [4.78, 5) is 12.7. The third-order valence-corrected chi connectivity index (χ3v) is 3.92. The molecule has 2 heterocycles. The zero-order valence-corrected chi connectivity index (χ0v) is 15.0. The first kappa shape index (κ1) is 17.2. The van der Waals surface area contributed by atoms with Gasteiger partial charge in [0.05, 0.1) is 28.6 Å². The van der Waals surface area contributed by atoms with E-state index < -0.39 is 0 Å². The van der Waals surface area contributed by atoms with Gasteiger partial charge < -0.3 is 14.3 Å². The van der Waals surface area contributed by atoms with Crippen molar-refractivity contribution < 1.29 is 4.74 Å². The summed E-state index contributed by atoms with van der Waals surface area (Å²) in [6.07, 6.45) is 0. The molecule has 0 saturated carbocycles. The summed E-state index contributed by atoms with van der Waals surface area (Å²) in [5.74, 6) is 1.85. The van der Waals surface area contributed by atoms with Crippen LogP contribution in [0.15, 0.2) is 48.5 Å². The Labute approximate surface area is 147 Å². The van der Waals surface area contributed by atoms with E-state index in [1.54, 1.807) is 0 Å². The normalized spacial score (nSPS) is 10.8. The molecule has 130 valence electrons. The molecule has 5 nitrogen and oxygen atoms in total. The largest absolute Gasteiger partial charge is 0.374 e. The van der Waals surface area contributed by atoms with Crippen LogP contribution in [0.25, 0.3) is 22.1 Å². The van der Waals surface area contributed by atoms with Crippen LogP contribution in [0, 0.1) is 0 Å². The molecule has 0 saturated heterocycles. The molecule has 0 fully saturated rings. The fraction of sp³-hybridized carbons (Fsp3) is 0.300. The minimum Gasteiger partial charge on any atom is -0.374 e. The lowest BCUT2D eigenvalue weighted by Gasteiger charge is -2.07. The minimum absolute atomic E-state index is 0.505. The molecule has 0 spiro atoms. The molecule has 0 amide bonds. The van der Waals surface area contributed by atoms with Crippen LogP contribution in [-0.2, 0) is 17.9 Å². The Bertz CT molecular complexity index is 922. The molecule has 0 aliphatic carbocycles. The van der Waals surface area contributed by atoms with Crippen molar-refractivity contribution >= 4 is 22.1 Å². The van der Waals surface area contributed by atoms with E-state index in [4.69, 9.17) is 9.72 Å². The molecule has 2 aromatic carbocycles. The number of imidazole rings is 2. The van der Waals surface area contributed by atoms with Gasteiger partial charge >= 0.3 is 0 Å². The predicted molar refractivity (Wildman–Crippen MR) is 102 cm³/mol. The lowest BCUT2D eigenvalue weighted by Crippen LogP contribution is -2.08. The SMILES string of the molecule is CC.CCOCc1nc2ccccc2n1Cc1nc2ccccc2[nH]1. The number of aromatic amines is 1. The maximum absolute atomic E-state index is 5.57. The number of hydrogen-bond acceptors (Lipinski definition) is 3. The number of aromatic nitrogens is 4. The van der Waals surface area contributed by atoms with Gasteiger partial charge in [-0.1, -0.05) is 38.1 Å². The highest BCUT2D eigenvalue weighted by Crippen LogP contribution is 2.19. The van der Waals surface area contributed by atoms with E-state index in [9.17, 15) is 0 Å². The van der Waals surface area contributed by atoms with Gasteiger partial charge in [0.1, 0.15) is 18.3 Å². The van der Waals surface area contributed by atoms with Crippen LogP contribution >= 0.6 is 0 Å². The first-order valence-electron chi connectivity index (χ1n) is 8.80. The summed E-state index contributed by atoms with van der Waals surface area (Å²) in [5.41, 5.74) is 4.12. The van der Waals surface area contributed by atoms with Gasteiger partial charge in [-0.05, 0) is 31.2 Å². The average molecular weight is 336 g/mol. The molecule has 0 radical (unpaired) electrons. The van der Waals surface area contributed by atoms with Crippen LogP contribution < -0.4 is 0 Å². The summed E-state index contributed by atoms with van der Waals surface area (Å²) < 4.78 is 7.74. The van der Waals surface area contributed by atoms with Gasteiger partial charge in [-0.15, -0.1) is 0 Å². The van der Waals surface area contributed by atoms with Gasteiger partial charge in [-0.2, -0.15) is 0 Å². The van der Waals surface area contributed by atoms with Gasteiger partial charge in [-0.3, -0.25) is 0 Å². The number of rotatable bonds is 5. The van der Waals surface area contributed by atoms with Crippen LogP contribution in [0.4, 0.5) is 0 Å². The predicted octanol–water partition coefficient (Wildman–Crippen LogP) is 4.52. The van der Waals surface area contributed by atoms with Gasteiger partial charge in [0.2, 0.25) is 0 Å². The van der Waals surface area contributed by atoms with Crippen molar-refractivity contribution in [1.82, 2.24) is 19.5 Å². The number of H-pyrrole nitrogens is 1. The Morgan fingerprint density at radius 1 is 0.960 bits per heavy atom. The van der Waals surface area contributed by atoms with Gasteiger partial charge in [0.25, 0.3) is 0 Å². The first-order chi connectivity index (χ1) is 12.3. The van der Waals surface area contributed by atoms with Gasteiger partial charge in [0.15, 0.2) is 0 Å². The Hall–Kier alpha value is -2.66. The van der Waals surface area contributed by atoms with E-state index in [-0.39, 0.29) is 0 Å². The maximum atomic E-state index is 5.57. The summed E-state index contributed by atoms with van der Waals surface area (Å²) in [6, 6.07) is 16.2. The number of fused-ring (bicyclic) bond motifs is 2. The molecule has 25 heavy (non-hydrogen) atoms. The van der Waals surface area contributed by atoms with E-state index in [0.29, 0.717) is 19.8 Å². The van der Waals surface area contributed by atoms with Crippen molar-refractivity contribution in [3.63, 3.8) is 0 Å². The molecule has 1 N–H and O–H groups in total. The lowest BCUT2D eigenvalue weighted by atomic mass is 10.3. The molecule has 5 heteroatoms. The summed E-state index contributed by atoms with van der Waals surface area (Å²) in [5, 5.41) is 0. The Morgan fingerprint density at radius 2 is 1.68 bits per heavy atom. The molecule has 4 aromatic rings. The van der Waals surface area contributed by atoms with Gasteiger partial charge in [-0.25, -0.2) is 9.97 Å². The maximum Gasteiger partial charge on any atom is 0.136 e. The molecule has 0 unspecified atom stereocenters. The van der Waals surface area contributed by atoms with Crippen LogP contribution in [-0.4, -0.2) is 26.1 Å². The zero-order valence-electron chi connectivity index (χ0n) is 15.0. The summed E-state index contributed by atoms with van der Waals surface area (Å²) in [7, 11) is 0. The van der Waals surface area contributed by atoms with Crippen molar-refractivity contribution in [2.75, 3.05) is 6.61 Å². The molecular formula is C20H24N4O. The second-order valence-corrected chi connectivity index (χ2v) is 5.44. The van der Waals surface area contributed by atoms with Crippen LogP contribution in [0.5, 0.6) is 0 Å². The number of para-hydroxylation sites is 4. The van der Waals surface area contributed by atoms with Crippen molar-refractivity contribution in [2.45, 2.75) is 33.9 Å². The number of benzene rings is 2. The molecule has 0 atom stereocenters. The molecule has 0 aliphatic rings. The summed E-state index contributed by atoms with van der Waals surface area (Å²) in [6.45, 7) is 7.82. The van der Waals surface area contributed by atoms with E-state index in [1.165, 1.54) is 0 Å². The highest BCUT2D eigenvalue weighted by molar-refractivity contribution is 5.76. The van der Waals surface area contributed by atoms with E-state index in [2.05, 4.69) is 20.6 Å². The van der Waals surface area contributed by atoms with Crippen LogP contribution in [0.3, 0.4) is 0 Å². The van der Waals surface area contributed by atoms with Crippen LogP contribution in [0.1, 0.15) is 32.4 Å². The Morgan fingerprint density at radius 3 is 2.44 bits per heavy atom. The standard InChI is InChI=1S/C18H18N4O.C2H6/c1-2-23-12-18-21-15-9-5-6-10-16(15)22(18)11-17-19-13-7-3-4-8-14(13)20-17;1-2/h3-10H,2,11-12H2,1H3,(H,19,20);1-2H3. The quantitative estimate of drug-likeness (QED) is 0.583. The molecule has 0 bridgehead atoms. The Balaban J connectivity index is 0.000000880. The van der Waals surface area contributed by atoms with E-state index in [1.807, 2.05) is 63.2 Å². The highest BCUT2D eigenvalue weighted by atomic mass is 16.5. The van der Waals surface area contributed by atoms with Crippen molar-refractivity contribution in [3.8, 4) is 0 Å². The topological polar surface area (TPSA) is 55.7 Å². The average Bonchev–Trinajstić information content (AvgIpc) is 3.23. The summed E-state index contributed by atoms with van der Waals surface area (Å²) >= 11 is 0. The number of nitrogens with one attached hydrogen (secondary N) is 1. The third-order valence-electron chi connectivity index (χ3n) is 3.92. The fourth-order valence-electron chi connectivity index (χ4n) is 2.84. The number of ether oxygens (including phenoxy) is 1.